The first-order valence-corrected chi connectivity index (χ1v) is 12.0. The van der Waals surface area contributed by atoms with Crippen LogP contribution in [0.15, 0.2) is 29.4 Å². The van der Waals surface area contributed by atoms with E-state index in [0.717, 1.165) is 19.3 Å². The van der Waals surface area contributed by atoms with Crippen LogP contribution in [0.5, 0.6) is 5.75 Å². The van der Waals surface area contributed by atoms with Crippen molar-refractivity contribution >= 4 is 27.5 Å². The molecule has 0 spiro atoms. The third kappa shape index (κ3) is 4.32. The zero-order chi connectivity index (χ0) is 22.0. The van der Waals surface area contributed by atoms with Gasteiger partial charge in [0, 0.05) is 23.7 Å². The van der Waals surface area contributed by atoms with E-state index >= 15 is 0 Å². The molecule has 2 fully saturated rings. The van der Waals surface area contributed by atoms with Gasteiger partial charge < -0.3 is 4.74 Å². The van der Waals surface area contributed by atoms with Crippen molar-refractivity contribution in [2.45, 2.75) is 46.5 Å². The van der Waals surface area contributed by atoms with Crippen LogP contribution in [0.1, 0.15) is 46.5 Å². The van der Waals surface area contributed by atoms with E-state index in [1.807, 2.05) is 6.92 Å². The maximum absolute atomic E-state index is 12.7. The Morgan fingerprint density at radius 2 is 2.10 bits per heavy atom. The maximum Gasteiger partial charge on any atom is 0.437 e. The van der Waals surface area contributed by atoms with Gasteiger partial charge in [-0.25, -0.2) is 17.9 Å². The molecule has 2 atom stereocenters. The van der Waals surface area contributed by atoms with Crippen LogP contribution in [0.2, 0.25) is 0 Å². The van der Waals surface area contributed by atoms with E-state index in [1.54, 1.807) is 31.4 Å². The van der Waals surface area contributed by atoms with Crippen molar-refractivity contribution in [1.82, 2.24) is 4.72 Å². The van der Waals surface area contributed by atoms with Gasteiger partial charge in [0.25, 0.3) is 0 Å². The first-order valence-electron chi connectivity index (χ1n) is 10.3. The Bertz CT molecular complexity index is 928. The number of hydrogen-bond donors (Lipinski definition) is 2. The maximum atomic E-state index is 12.7. The quantitative estimate of drug-likeness (QED) is 0.476. The van der Waals surface area contributed by atoms with E-state index in [4.69, 9.17) is 9.57 Å². The minimum atomic E-state index is -3.47. The standard InChI is InChI=1S/C21H31N3O5S/c1-5-11-22-30(26,27)14-21-10-9-15(20(21,2)3)12-18(21)24-29-19(25)23-16-7-6-8-17(13-16)28-4/h6-8,13,15,22H,5,9-12,14H2,1-4H3,(H,23,25)/b24-18+. The second kappa shape index (κ2) is 8.55. The van der Waals surface area contributed by atoms with E-state index in [9.17, 15) is 13.2 Å². The molecular formula is C21H31N3O5S. The van der Waals surface area contributed by atoms with Gasteiger partial charge in [-0.2, -0.15) is 0 Å². The summed E-state index contributed by atoms with van der Waals surface area (Å²) < 4.78 is 33.2. The number of ether oxygens (including phenoxy) is 1. The summed E-state index contributed by atoms with van der Waals surface area (Å²) in [5.74, 6) is 0.892. The molecule has 2 bridgehead atoms. The van der Waals surface area contributed by atoms with Gasteiger partial charge in [0.2, 0.25) is 10.0 Å². The molecule has 8 nitrogen and oxygen atoms in total. The van der Waals surface area contributed by atoms with Crippen LogP contribution in [-0.2, 0) is 14.9 Å². The highest BCUT2D eigenvalue weighted by molar-refractivity contribution is 7.89. The Morgan fingerprint density at radius 3 is 2.77 bits per heavy atom. The molecule has 9 heteroatoms. The molecule has 30 heavy (non-hydrogen) atoms. The first kappa shape index (κ1) is 22.6. The normalized spacial score (nSPS) is 26.0. The van der Waals surface area contributed by atoms with E-state index in [2.05, 4.69) is 29.0 Å². The van der Waals surface area contributed by atoms with Gasteiger partial charge in [0.05, 0.1) is 18.6 Å². The molecule has 0 aliphatic heterocycles. The molecule has 1 amide bonds. The first-order chi connectivity index (χ1) is 14.1. The van der Waals surface area contributed by atoms with Crippen LogP contribution in [-0.4, -0.2) is 39.6 Å². The summed E-state index contributed by atoms with van der Waals surface area (Å²) in [4.78, 5) is 17.4. The zero-order valence-corrected chi connectivity index (χ0v) is 18.8. The third-order valence-electron chi connectivity index (χ3n) is 6.73. The third-order valence-corrected chi connectivity index (χ3v) is 8.25. The fourth-order valence-corrected chi connectivity index (χ4v) is 6.78. The molecule has 2 N–H and O–H groups in total. The number of hydrogen-bond acceptors (Lipinski definition) is 6. The number of nitrogens with one attached hydrogen (secondary N) is 2. The van der Waals surface area contributed by atoms with E-state index < -0.39 is 21.5 Å². The van der Waals surface area contributed by atoms with Crippen molar-refractivity contribution in [2.24, 2.45) is 21.9 Å². The number of methoxy groups -OCH3 is 1. The molecule has 166 valence electrons. The number of rotatable bonds is 8. The lowest BCUT2D eigenvalue weighted by Gasteiger charge is -2.37. The number of oxime groups is 1. The van der Waals surface area contributed by atoms with Crippen LogP contribution < -0.4 is 14.8 Å². The van der Waals surface area contributed by atoms with Crippen molar-refractivity contribution < 1.29 is 22.8 Å². The number of fused-ring (bicyclic) bond motifs is 2. The van der Waals surface area contributed by atoms with Crippen LogP contribution in [0, 0.1) is 16.7 Å². The Hall–Kier alpha value is -2.13. The lowest BCUT2D eigenvalue weighted by Crippen LogP contribution is -2.45. The van der Waals surface area contributed by atoms with Crippen molar-refractivity contribution in [3.63, 3.8) is 0 Å². The molecule has 2 saturated carbocycles. The minimum absolute atomic E-state index is 0.0385. The summed E-state index contributed by atoms with van der Waals surface area (Å²) in [5.41, 5.74) is 0.313. The molecule has 3 rings (SSSR count). The number of sulfonamides is 1. The average Bonchev–Trinajstić information content (AvgIpc) is 3.05. The Labute approximate surface area is 178 Å². The molecule has 2 aliphatic rings. The highest BCUT2D eigenvalue weighted by atomic mass is 32.2. The molecule has 0 saturated heterocycles. The molecule has 0 heterocycles. The Morgan fingerprint density at radius 1 is 1.33 bits per heavy atom. The number of anilines is 1. The lowest BCUT2D eigenvalue weighted by molar-refractivity contribution is 0.160. The molecule has 0 radical (unpaired) electrons. The van der Waals surface area contributed by atoms with Crippen molar-refractivity contribution in [3.8, 4) is 5.75 Å². The molecule has 1 aromatic rings. The Kier molecular flexibility index (Phi) is 6.43. The van der Waals surface area contributed by atoms with Gasteiger partial charge in [-0.3, -0.25) is 10.2 Å². The topological polar surface area (TPSA) is 106 Å². The van der Waals surface area contributed by atoms with Crippen molar-refractivity contribution in [2.75, 3.05) is 24.7 Å². The van der Waals surface area contributed by atoms with Crippen LogP contribution in [0.3, 0.4) is 0 Å². The lowest BCUT2D eigenvalue weighted by atomic mass is 9.70. The van der Waals surface area contributed by atoms with Crippen molar-refractivity contribution in [3.05, 3.63) is 24.3 Å². The highest BCUT2D eigenvalue weighted by Gasteiger charge is 2.64. The number of carbonyl (C=O) groups excluding carboxylic acids is 1. The van der Waals surface area contributed by atoms with Gasteiger partial charge in [-0.05, 0) is 49.1 Å². The molecule has 0 aromatic heterocycles. The second-order valence-corrected chi connectivity index (χ2v) is 10.5. The molecule has 2 unspecified atom stereocenters. The summed E-state index contributed by atoms with van der Waals surface area (Å²) in [6.45, 7) is 6.53. The zero-order valence-electron chi connectivity index (χ0n) is 18.0. The van der Waals surface area contributed by atoms with Crippen molar-refractivity contribution in [1.29, 1.82) is 0 Å². The fourth-order valence-electron chi connectivity index (χ4n) is 4.83. The predicted molar refractivity (Wildman–Crippen MR) is 116 cm³/mol. The highest BCUT2D eigenvalue weighted by Crippen LogP contribution is 2.64. The summed E-state index contributed by atoms with van der Waals surface area (Å²) in [6.07, 6.45) is 2.32. The SMILES string of the molecule is CCCNS(=O)(=O)CC12CCC(C/C1=N\OC(=O)Nc1cccc(OC)c1)C2(C)C. The summed E-state index contributed by atoms with van der Waals surface area (Å²) >= 11 is 0. The molecule has 2 aliphatic carbocycles. The number of benzene rings is 1. The number of amides is 1. The van der Waals surface area contributed by atoms with Gasteiger partial charge in [0.1, 0.15) is 5.75 Å². The predicted octanol–water partition coefficient (Wildman–Crippen LogP) is 3.76. The summed E-state index contributed by atoms with van der Waals surface area (Å²) in [6, 6.07) is 6.90. The molecule has 1 aromatic carbocycles. The van der Waals surface area contributed by atoms with Gasteiger partial charge in [-0.1, -0.05) is 32.0 Å². The smallest absolute Gasteiger partial charge is 0.437 e. The number of nitrogens with zero attached hydrogens (tertiary/aromatic N) is 1. The largest absolute Gasteiger partial charge is 0.497 e. The number of carbonyl (C=O) groups is 1. The summed E-state index contributed by atoms with van der Waals surface area (Å²) in [7, 11) is -1.93. The monoisotopic (exact) mass is 437 g/mol. The van der Waals surface area contributed by atoms with Gasteiger partial charge in [0.15, 0.2) is 0 Å². The van der Waals surface area contributed by atoms with Crippen LogP contribution in [0.4, 0.5) is 10.5 Å². The molecular weight excluding hydrogens is 406 g/mol. The van der Waals surface area contributed by atoms with E-state index in [1.165, 1.54) is 0 Å². The van der Waals surface area contributed by atoms with Crippen LogP contribution in [0.25, 0.3) is 0 Å². The minimum Gasteiger partial charge on any atom is -0.497 e. The second-order valence-electron chi connectivity index (χ2n) is 8.67. The van der Waals surface area contributed by atoms with E-state index in [0.29, 0.717) is 36.0 Å². The average molecular weight is 438 g/mol. The Balaban J connectivity index is 1.76. The van der Waals surface area contributed by atoms with E-state index in [-0.39, 0.29) is 11.2 Å². The van der Waals surface area contributed by atoms with Crippen LogP contribution >= 0.6 is 0 Å². The fraction of sp³-hybridized carbons (Fsp3) is 0.619. The van der Waals surface area contributed by atoms with Gasteiger partial charge in [-0.15, -0.1) is 0 Å². The summed E-state index contributed by atoms with van der Waals surface area (Å²) in [5, 5.41) is 6.77. The van der Waals surface area contributed by atoms with Gasteiger partial charge >= 0.3 is 6.09 Å².